The average molecular weight is 310 g/mol. The first-order chi connectivity index (χ1) is 9.90. The van der Waals surface area contributed by atoms with Crippen LogP contribution in [0, 0.1) is 0 Å². The van der Waals surface area contributed by atoms with E-state index in [-0.39, 0.29) is 17.3 Å². The van der Waals surface area contributed by atoms with Crippen LogP contribution in [0.2, 0.25) is 0 Å². The van der Waals surface area contributed by atoms with Crippen LogP contribution >= 0.6 is 0 Å². The molecule has 112 valence electrons. The van der Waals surface area contributed by atoms with Crippen molar-refractivity contribution in [3.63, 3.8) is 0 Å². The van der Waals surface area contributed by atoms with Gasteiger partial charge in [0.05, 0.1) is 11.1 Å². The van der Waals surface area contributed by atoms with E-state index in [0.29, 0.717) is 6.54 Å². The zero-order valence-corrected chi connectivity index (χ0v) is 11.7. The Morgan fingerprint density at radius 1 is 1.29 bits per heavy atom. The highest BCUT2D eigenvalue weighted by molar-refractivity contribution is 7.90. The van der Waals surface area contributed by atoms with Crippen LogP contribution in [0.1, 0.15) is 5.56 Å². The van der Waals surface area contributed by atoms with Gasteiger partial charge in [0.15, 0.2) is 5.82 Å². The summed E-state index contributed by atoms with van der Waals surface area (Å²) in [5, 5.41) is 7.05. The van der Waals surface area contributed by atoms with Crippen molar-refractivity contribution in [3.8, 4) is 0 Å². The topological polar surface area (TPSA) is 146 Å². The summed E-state index contributed by atoms with van der Waals surface area (Å²) < 4.78 is 27.1. The highest BCUT2D eigenvalue weighted by Crippen LogP contribution is 2.10. The lowest BCUT2D eigenvalue weighted by molar-refractivity contribution is -0.120. The zero-order valence-electron chi connectivity index (χ0n) is 10.9. The molecule has 1 heterocycles. The standard InChI is InChI=1S/C11H14N6O3S/c12-5-8-1-3-9(4-2-8)21(19,20)15-11(18)7-17-6-10(13)14-16-17/h1-4,6H,5,7,12-13H2,(H,15,18). The Labute approximate surface area is 121 Å². The van der Waals surface area contributed by atoms with Crippen LogP contribution < -0.4 is 16.2 Å². The van der Waals surface area contributed by atoms with E-state index in [9.17, 15) is 13.2 Å². The summed E-state index contributed by atoms with van der Waals surface area (Å²) in [5.41, 5.74) is 11.6. The van der Waals surface area contributed by atoms with Gasteiger partial charge >= 0.3 is 0 Å². The maximum Gasteiger partial charge on any atom is 0.264 e. The molecule has 0 radical (unpaired) electrons. The summed E-state index contributed by atoms with van der Waals surface area (Å²) in [6, 6.07) is 5.92. The number of hydrogen-bond donors (Lipinski definition) is 3. The van der Waals surface area contributed by atoms with E-state index in [0.717, 1.165) is 10.2 Å². The third-order valence-electron chi connectivity index (χ3n) is 2.58. The molecule has 0 unspecified atom stereocenters. The second kappa shape index (κ2) is 5.89. The average Bonchev–Trinajstić information content (AvgIpc) is 2.83. The maximum atomic E-state index is 12.0. The normalized spacial score (nSPS) is 11.3. The lowest BCUT2D eigenvalue weighted by Gasteiger charge is -2.07. The first-order valence-corrected chi connectivity index (χ1v) is 7.39. The van der Waals surface area contributed by atoms with Gasteiger partial charge in [-0.3, -0.25) is 4.79 Å². The van der Waals surface area contributed by atoms with Crippen LogP contribution in [0.5, 0.6) is 0 Å². The van der Waals surface area contributed by atoms with Crippen LogP contribution in [0.25, 0.3) is 0 Å². The number of carbonyl (C=O) groups is 1. The van der Waals surface area contributed by atoms with Gasteiger partial charge in [-0.05, 0) is 17.7 Å². The number of anilines is 1. The number of nitrogens with zero attached hydrogens (tertiary/aromatic N) is 3. The number of aromatic nitrogens is 3. The molecule has 0 aliphatic carbocycles. The fourth-order valence-electron chi connectivity index (χ4n) is 1.58. The van der Waals surface area contributed by atoms with Gasteiger partial charge < -0.3 is 11.5 Å². The number of nitrogens with one attached hydrogen (secondary N) is 1. The van der Waals surface area contributed by atoms with Crippen molar-refractivity contribution < 1.29 is 13.2 Å². The van der Waals surface area contributed by atoms with E-state index in [1.54, 1.807) is 12.1 Å². The smallest absolute Gasteiger partial charge is 0.264 e. The zero-order chi connectivity index (χ0) is 15.5. The van der Waals surface area contributed by atoms with Crippen LogP contribution in [-0.4, -0.2) is 29.3 Å². The quantitative estimate of drug-likeness (QED) is 0.630. The molecular formula is C11H14N6O3S. The molecule has 0 atom stereocenters. The summed E-state index contributed by atoms with van der Waals surface area (Å²) in [6.07, 6.45) is 1.32. The van der Waals surface area contributed by atoms with E-state index in [2.05, 4.69) is 10.3 Å². The minimum atomic E-state index is -3.93. The second-order valence-corrected chi connectivity index (χ2v) is 5.90. The van der Waals surface area contributed by atoms with Crippen molar-refractivity contribution in [2.45, 2.75) is 18.0 Å². The first-order valence-electron chi connectivity index (χ1n) is 5.91. The van der Waals surface area contributed by atoms with Crippen LogP contribution in [-0.2, 0) is 27.9 Å². The molecule has 2 rings (SSSR count). The number of amides is 1. The molecule has 0 saturated carbocycles. The van der Waals surface area contributed by atoms with Gasteiger partial charge in [0.2, 0.25) is 0 Å². The van der Waals surface area contributed by atoms with Gasteiger partial charge in [-0.2, -0.15) is 0 Å². The Morgan fingerprint density at radius 3 is 2.48 bits per heavy atom. The second-order valence-electron chi connectivity index (χ2n) is 4.22. The van der Waals surface area contributed by atoms with Gasteiger partial charge in [0, 0.05) is 6.54 Å². The number of nitrogen functional groups attached to an aromatic ring is 1. The minimum absolute atomic E-state index is 0.0221. The highest BCUT2D eigenvalue weighted by atomic mass is 32.2. The van der Waals surface area contributed by atoms with Gasteiger partial charge in [0.1, 0.15) is 6.54 Å². The number of sulfonamides is 1. The van der Waals surface area contributed by atoms with Crippen LogP contribution in [0.4, 0.5) is 5.82 Å². The van der Waals surface area contributed by atoms with Gasteiger partial charge in [-0.25, -0.2) is 17.8 Å². The Kier molecular flexibility index (Phi) is 4.19. The summed E-state index contributed by atoms with van der Waals surface area (Å²) in [7, 11) is -3.93. The predicted molar refractivity (Wildman–Crippen MR) is 74.1 cm³/mol. The molecule has 1 amide bonds. The SMILES string of the molecule is NCc1ccc(S(=O)(=O)NC(=O)Cn2cc(N)nn2)cc1. The van der Waals surface area contributed by atoms with Crippen molar-refractivity contribution >= 4 is 21.7 Å². The molecule has 10 heteroatoms. The fraction of sp³-hybridized carbons (Fsp3) is 0.182. The summed E-state index contributed by atoms with van der Waals surface area (Å²) in [4.78, 5) is 11.7. The van der Waals surface area contributed by atoms with Crippen molar-refractivity contribution in [1.29, 1.82) is 0 Å². The number of carbonyl (C=O) groups excluding carboxylic acids is 1. The van der Waals surface area contributed by atoms with Crippen molar-refractivity contribution in [2.75, 3.05) is 5.73 Å². The fourth-order valence-corrected chi connectivity index (χ4v) is 2.56. The molecule has 1 aromatic heterocycles. The molecule has 21 heavy (non-hydrogen) atoms. The molecule has 0 bridgehead atoms. The van der Waals surface area contributed by atoms with Crippen molar-refractivity contribution in [2.24, 2.45) is 5.73 Å². The number of hydrogen-bond acceptors (Lipinski definition) is 7. The molecule has 0 fully saturated rings. The third kappa shape index (κ3) is 3.77. The van der Waals surface area contributed by atoms with E-state index < -0.39 is 15.9 Å². The maximum absolute atomic E-state index is 12.0. The monoisotopic (exact) mass is 310 g/mol. The van der Waals surface area contributed by atoms with Crippen molar-refractivity contribution in [1.82, 2.24) is 19.7 Å². The first kappa shape index (κ1) is 14.9. The predicted octanol–water partition coefficient (Wildman–Crippen LogP) is -1.18. The Hall–Kier alpha value is -2.46. The van der Waals surface area contributed by atoms with Gasteiger partial charge in [-0.15, -0.1) is 5.10 Å². The summed E-state index contributed by atoms with van der Waals surface area (Å²) in [5.74, 6) is -0.606. The largest absolute Gasteiger partial charge is 0.381 e. The molecule has 2 aromatic rings. The Balaban J connectivity index is 2.07. The molecule has 5 N–H and O–H groups in total. The molecule has 0 saturated heterocycles. The molecule has 9 nitrogen and oxygen atoms in total. The molecular weight excluding hydrogens is 296 g/mol. The molecule has 0 aliphatic heterocycles. The summed E-state index contributed by atoms with van der Waals surface area (Å²) >= 11 is 0. The highest BCUT2D eigenvalue weighted by Gasteiger charge is 2.18. The van der Waals surface area contributed by atoms with E-state index in [4.69, 9.17) is 11.5 Å². The number of rotatable bonds is 5. The van der Waals surface area contributed by atoms with E-state index >= 15 is 0 Å². The lowest BCUT2D eigenvalue weighted by atomic mass is 10.2. The van der Waals surface area contributed by atoms with Crippen LogP contribution in [0.15, 0.2) is 35.4 Å². The number of benzene rings is 1. The summed E-state index contributed by atoms with van der Waals surface area (Å²) in [6.45, 7) is 0.00468. The third-order valence-corrected chi connectivity index (χ3v) is 3.97. The molecule has 0 spiro atoms. The molecule has 1 aromatic carbocycles. The molecule has 0 aliphatic rings. The van der Waals surface area contributed by atoms with Crippen molar-refractivity contribution in [3.05, 3.63) is 36.0 Å². The minimum Gasteiger partial charge on any atom is -0.381 e. The van der Waals surface area contributed by atoms with Crippen LogP contribution in [0.3, 0.4) is 0 Å². The lowest BCUT2D eigenvalue weighted by Crippen LogP contribution is -2.33. The Bertz CT molecular complexity index is 738. The van der Waals surface area contributed by atoms with E-state index in [1.807, 2.05) is 4.72 Å². The number of nitrogens with two attached hydrogens (primary N) is 2. The Morgan fingerprint density at radius 2 is 1.95 bits per heavy atom. The van der Waals surface area contributed by atoms with E-state index in [1.165, 1.54) is 18.3 Å². The van der Waals surface area contributed by atoms with Gasteiger partial charge in [-0.1, -0.05) is 17.3 Å². The van der Waals surface area contributed by atoms with Gasteiger partial charge in [0.25, 0.3) is 15.9 Å².